The standard InChI is InChI=1S/C17H20BrClN4O/c1-21-17(24)16(18)15(11-20-21)23-8-2-7-22(9-10-23)12-13-3-5-14(19)6-4-13/h3-6,11H,2,7-10,12H2,1H3. The molecule has 1 aromatic heterocycles. The number of halogens is 2. The molecule has 0 aliphatic carbocycles. The zero-order valence-electron chi connectivity index (χ0n) is 13.6. The summed E-state index contributed by atoms with van der Waals surface area (Å²) >= 11 is 9.37. The molecule has 0 saturated carbocycles. The fourth-order valence-electron chi connectivity index (χ4n) is 2.94. The molecule has 2 heterocycles. The topological polar surface area (TPSA) is 41.4 Å². The highest BCUT2D eigenvalue weighted by atomic mass is 79.9. The van der Waals surface area contributed by atoms with E-state index in [1.165, 1.54) is 10.2 Å². The van der Waals surface area contributed by atoms with Crippen LogP contribution >= 0.6 is 27.5 Å². The zero-order valence-corrected chi connectivity index (χ0v) is 15.9. The van der Waals surface area contributed by atoms with Crippen LogP contribution in [0.25, 0.3) is 0 Å². The molecule has 5 nitrogen and oxygen atoms in total. The number of rotatable bonds is 3. The number of nitrogens with zero attached hydrogens (tertiary/aromatic N) is 4. The molecule has 3 rings (SSSR count). The van der Waals surface area contributed by atoms with Gasteiger partial charge in [-0.15, -0.1) is 0 Å². The van der Waals surface area contributed by atoms with Crippen LogP contribution in [-0.4, -0.2) is 40.9 Å². The Balaban J connectivity index is 1.68. The van der Waals surface area contributed by atoms with Crippen LogP contribution in [0, 0.1) is 0 Å². The summed E-state index contributed by atoms with van der Waals surface area (Å²) in [5, 5.41) is 4.91. The Morgan fingerprint density at radius 1 is 1.17 bits per heavy atom. The summed E-state index contributed by atoms with van der Waals surface area (Å²) in [6.45, 7) is 4.70. The first-order valence-corrected chi connectivity index (χ1v) is 9.15. The molecule has 0 unspecified atom stereocenters. The van der Waals surface area contributed by atoms with E-state index < -0.39 is 0 Å². The second kappa shape index (κ2) is 7.68. The van der Waals surface area contributed by atoms with Gasteiger partial charge in [-0.2, -0.15) is 5.10 Å². The van der Waals surface area contributed by atoms with Gasteiger partial charge in [-0.05, 0) is 40.0 Å². The molecule has 0 bridgehead atoms. The van der Waals surface area contributed by atoms with Crippen LogP contribution in [0.5, 0.6) is 0 Å². The molecule has 0 N–H and O–H groups in total. The predicted molar refractivity (Wildman–Crippen MR) is 101 cm³/mol. The van der Waals surface area contributed by atoms with Crippen molar-refractivity contribution in [1.82, 2.24) is 14.7 Å². The summed E-state index contributed by atoms with van der Waals surface area (Å²) in [5.41, 5.74) is 2.05. The van der Waals surface area contributed by atoms with E-state index in [9.17, 15) is 4.79 Å². The van der Waals surface area contributed by atoms with Crippen molar-refractivity contribution in [3.05, 3.63) is 55.9 Å². The molecule has 0 radical (unpaired) electrons. The minimum atomic E-state index is -0.102. The van der Waals surface area contributed by atoms with E-state index >= 15 is 0 Å². The monoisotopic (exact) mass is 410 g/mol. The van der Waals surface area contributed by atoms with Gasteiger partial charge in [0, 0.05) is 44.8 Å². The van der Waals surface area contributed by atoms with E-state index in [1.54, 1.807) is 13.2 Å². The van der Waals surface area contributed by atoms with Crippen molar-refractivity contribution in [1.29, 1.82) is 0 Å². The van der Waals surface area contributed by atoms with E-state index in [0.29, 0.717) is 4.47 Å². The van der Waals surface area contributed by atoms with Crippen LogP contribution in [0.3, 0.4) is 0 Å². The highest BCUT2D eigenvalue weighted by Gasteiger charge is 2.19. The van der Waals surface area contributed by atoms with Crippen molar-refractivity contribution in [2.75, 3.05) is 31.1 Å². The molecule has 1 aromatic carbocycles. The Hall–Kier alpha value is -1.37. The second-order valence-electron chi connectivity index (χ2n) is 6.02. The van der Waals surface area contributed by atoms with Crippen molar-refractivity contribution in [2.24, 2.45) is 7.05 Å². The third-order valence-corrected chi connectivity index (χ3v) is 5.31. The number of hydrogen-bond donors (Lipinski definition) is 0. The molecule has 128 valence electrons. The number of benzene rings is 1. The van der Waals surface area contributed by atoms with Crippen molar-refractivity contribution in [2.45, 2.75) is 13.0 Å². The van der Waals surface area contributed by atoms with Crippen molar-refractivity contribution in [3.8, 4) is 0 Å². The minimum absolute atomic E-state index is 0.102. The molecular weight excluding hydrogens is 392 g/mol. The van der Waals surface area contributed by atoms with E-state index in [4.69, 9.17) is 11.6 Å². The SMILES string of the molecule is Cn1ncc(N2CCCN(Cc3ccc(Cl)cc3)CC2)c(Br)c1=O. The maximum atomic E-state index is 12.1. The van der Waals surface area contributed by atoms with Crippen LogP contribution < -0.4 is 10.5 Å². The smallest absolute Gasteiger partial charge is 0.282 e. The summed E-state index contributed by atoms with van der Waals surface area (Å²) in [5.74, 6) is 0. The van der Waals surface area contributed by atoms with Gasteiger partial charge in [-0.1, -0.05) is 23.7 Å². The lowest BCUT2D eigenvalue weighted by Gasteiger charge is -2.24. The van der Waals surface area contributed by atoms with Gasteiger partial charge in [0.2, 0.25) is 0 Å². The fourth-order valence-corrected chi connectivity index (χ4v) is 3.68. The average molecular weight is 412 g/mol. The van der Waals surface area contributed by atoms with Crippen molar-refractivity contribution < 1.29 is 0 Å². The van der Waals surface area contributed by atoms with Crippen LogP contribution in [0.2, 0.25) is 5.02 Å². The van der Waals surface area contributed by atoms with Gasteiger partial charge in [-0.3, -0.25) is 9.69 Å². The largest absolute Gasteiger partial charge is 0.368 e. The van der Waals surface area contributed by atoms with Crippen molar-refractivity contribution >= 4 is 33.2 Å². The Morgan fingerprint density at radius 2 is 1.92 bits per heavy atom. The van der Waals surface area contributed by atoms with Gasteiger partial charge in [-0.25, -0.2) is 4.68 Å². The molecule has 0 amide bonds. The molecular formula is C17H20BrClN4O. The predicted octanol–water partition coefficient (Wildman–Crippen LogP) is 2.91. The lowest BCUT2D eigenvalue weighted by atomic mass is 10.2. The number of aryl methyl sites for hydroxylation is 1. The first-order chi connectivity index (χ1) is 11.5. The number of aromatic nitrogens is 2. The average Bonchev–Trinajstić information content (AvgIpc) is 2.81. The van der Waals surface area contributed by atoms with Gasteiger partial charge < -0.3 is 4.90 Å². The first kappa shape index (κ1) is 17.5. The van der Waals surface area contributed by atoms with Crippen molar-refractivity contribution in [3.63, 3.8) is 0 Å². The van der Waals surface area contributed by atoms with Crippen LogP contribution in [0.4, 0.5) is 5.69 Å². The Bertz CT molecular complexity index is 762. The summed E-state index contributed by atoms with van der Waals surface area (Å²) in [6.07, 6.45) is 2.82. The molecule has 7 heteroatoms. The Morgan fingerprint density at radius 3 is 2.67 bits per heavy atom. The summed E-state index contributed by atoms with van der Waals surface area (Å²) in [6, 6.07) is 8.02. The summed E-state index contributed by atoms with van der Waals surface area (Å²) in [4.78, 5) is 16.7. The number of hydrogen-bond acceptors (Lipinski definition) is 4. The molecule has 0 spiro atoms. The quantitative estimate of drug-likeness (QED) is 0.779. The Labute approximate surface area is 155 Å². The van der Waals surface area contributed by atoms with Crippen LogP contribution in [0.15, 0.2) is 39.7 Å². The lowest BCUT2D eigenvalue weighted by Crippen LogP contribution is -2.32. The van der Waals surface area contributed by atoms with Crippen LogP contribution in [-0.2, 0) is 13.6 Å². The van der Waals surface area contributed by atoms with E-state index in [1.807, 2.05) is 12.1 Å². The van der Waals surface area contributed by atoms with E-state index in [0.717, 1.165) is 49.9 Å². The lowest BCUT2D eigenvalue weighted by molar-refractivity contribution is 0.285. The molecule has 1 saturated heterocycles. The van der Waals surface area contributed by atoms with Gasteiger partial charge in [0.15, 0.2) is 0 Å². The zero-order chi connectivity index (χ0) is 17.1. The van der Waals surface area contributed by atoms with Gasteiger partial charge in [0.05, 0.1) is 11.9 Å². The first-order valence-electron chi connectivity index (χ1n) is 7.98. The molecule has 1 aliphatic heterocycles. The number of anilines is 1. The highest BCUT2D eigenvalue weighted by Crippen LogP contribution is 2.23. The third kappa shape index (κ3) is 3.99. The van der Waals surface area contributed by atoms with Crippen LogP contribution in [0.1, 0.15) is 12.0 Å². The minimum Gasteiger partial charge on any atom is -0.368 e. The molecule has 24 heavy (non-hydrogen) atoms. The molecule has 1 aliphatic rings. The second-order valence-corrected chi connectivity index (χ2v) is 7.25. The molecule has 1 fully saturated rings. The normalized spacial score (nSPS) is 16.2. The van der Waals surface area contributed by atoms with Gasteiger partial charge in [0.25, 0.3) is 5.56 Å². The fraction of sp³-hybridized carbons (Fsp3) is 0.412. The maximum Gasteiger partial charge on any atom is 0.282 e. The summed E-state index contributed by atoms with van der Waals surface area (Å²) < 4.78 is 1.93. The third-order valence-electron chi connectivity index (χ3n) is 4.31. The summed E-state index contributed by atoms with van der Waals surface area (Å²) in [7, 11) is 1.66. The Kier molecular flexibility index (Phi) is 5.58. The molecule has 2 aromatic rings. The van der Waals surface area contributed by atoms with Gasteiger partial charge >= 0.3 is 0 Å². The molecule has 0 atom stereocenters. The highest BCUT2D eigenvalue weighted by molar-refractivity contribution is 9.10. The van der Waals surface area contributed by atoms with E-state index in [2.05, 4.69) is 43.0 Å². The maximum absolute atomic E-state index is 12.1. The van der Waals surface area contributed by atoms with Gasteiger partial charge in [0.1, 0.15) is 4.47 Å². The van der Waals surface area contributed by atoms with E-state index in [-0.39, 0.29) is 5.56 Å².